The number of hydrogen-bond donors (Lipinski definition) is 1. The van der Waals surface area contributed by atoms with Crippen LogP contribution in [0.3, 0.4) is 0 Å². The summed E-state index contributed by atoms with van der Waals surface area (Å²) in [6, 6.07) is 0. The Labute approximate surface area is 108 Å². The first kappa shape index (κ1) is 13.3. The second-order valence-electron chi connectivity index (χ2n) is 5.87. The molecule has 1 saturated carbocycles. The standard InChI is InChI=1S/C13H22N2O3/c1-4-14-5-7-15(8-6-14)11(16)9-10(12(17)18)13(9,2)3/h9-10H,4-8H2,1-3H3,(H,17,18)/t9-,10+/m1/s1. The van der Waals surface area contributed by atoms with Gasteiger partial charge in [-0.2, -0.15) is 0 Å². The molecule has 2 rings (SSSR count). The van der Waals surface area contributed by atoms with Crippen molar-refractivity contribution < 1.29 is 14.7 Å². The summed E-state index contributed by atoms with van der Waals surface area (Å²) in [6.07, 6.45) is 0. The van der Waals surface area contributed by atoms with Gasteiger partial charge in [-0.3, -0.25) is 9.59 Å². The van der Waals surface area contributed by atoms with Crippen molar-refractivity contribution in [2.45, 2.75) is 20.8 Å². The number of carbonyl (C=O) groups excluding carboxylic acids is 1. The molecule has 2 fully saturated rings. The third-order valence-corrected chi connectivity index (χ3v) is 4.49. The van der Waals surface area contributed by atoms with E-state index in [4.69, 9.17) is 5.11 Å². The van der Waals surface area contributed by atoms with Gasteiger partial charge in [0, 0.05) is 26.2 Å². The lowest BCUT2D eigenvalue weighted by atomic mass is 10.1. The van der Waals surface area contributed by atoms with Gasteiger partial charge in [0.15, 0.2) is 0 Å². The molecule has 1 heterocycles. The van der Waals surface area contributed by atoms with Crippen LogP contribution in [0, 0.1) is 17.3 Å². The number of rotatable bonds is 3. The Morgan fingerprint density at radius 2 is 1.72 bits per heavy atom. The molecular weight excluding hydrogens is 232 g/mol. The highest BCUT2D eigenvalue weighted by molar-refractivity contribution is 5.91. The molecule has 102 valence electrons. The predicted molar refractivity (Wildman–Crippen MR) is 67.1 cm³/mol. The summed E-state index contributed by atoms with van der Waals surface area (Å²) < 4.78 is 0. The van der Waals surface area contributed by atoms with E-state index >= 15 is 0 Å². The second-order valence-corrected chi connectivity index (χ2v) is 5.87. The van der Waals surface area contributed by atoms with Gasteiger partial charge in [-0.15, -0.1) is 0 Å². The third-order valence-electron chi connectivity index (χ3n) is 4.49. The van der Waals surface area contributed by atoms with E-state index in [9.17, 15) is 9.59 Å². The van der Waals surface area contributed by atoms with Crippen molar-refractivity contribution in [3.63, 3.8) is 0 Å². The minimum Gasteiger partial charge on any atom is -0.481 e. The monoisotopic (exact) mass is 254 g/mol. The highest BCUT2D eigenvalue weighted by Gasteiger charge is 2.66. The zero-order chi connectivity index (χ0) is 13.5. The lowest BCUT2D eigenvalue weighted by Gasteiger charge is -2.34. The fraction of sp³-hybridized carbons (Fsp3) is 0.846. The third kappa shape index (κ3) is 2.11. The Hall–Kier alpha value is -1.10. The maximum absolute atomic E-state index is 12.3. The van der Waals surface area contributed by atoms with Crippen LogP contribution in [0.2, 0.25) is 0 Å². The van der Waals surface area contributed by atoms with Gasteiger partial charge in [-0.25, -0.2) is 0 Å². The number of amides is 1. The first-order valence-electron chi connectivity index (χ1n) is 6.63. The highest BCUT2D eigenvalue weighted by Crippen LogP contribution is 2.59. The lowest BCUT2D eigenvalue weighted by molar-refractivity contribution is -0.142. The van der Waals surface area contributed by atoms with E-state index in [-0.39, 0.29) is 17.2 Å². The molecule has 5 nitrogen and oxygen atoms in total. The number of likely N-dealkylation sites (N-methyl/N-ethyl adjacent to an activating group) is 1. The van der Waals surface area contributed by atoms with Crippen LogP contribution in [-0.4, -0.2) is 59.5 Å². The molecule has 18 heavy (non-hydrogen) atoms. The summed E-state index contributed by atoms with van der Waals surface area (Å²) in [5, 5.41) is 9.11. The topological polar surface area (TPSA) is 60.9 Å². The molecule has 2 atom stereocenters. The van der Waals surface area contributed by atoms with E-state index in [1.807, 2.05) is 18.7 Å². The number of piperazine rings is 1. The molecule has 1 saturated heterocycles. The molecule has 0 unspecified atom stereocenters. The van der Waals surface area contributed by atoms with E-state index in [0.29, 0.717) is 0 Å². The summed E-state index contributed by atoms with van der Waals surface area (Å²) in [6.45, 7) is 10.1. The van der Waals surface area contributed by atoms with Crippen LogP contribution in [0.15, 0.2) is 0 Å². The fourth-order valence-electron chi connectivity index (χ4n) is 3.04. The van der Waals surface area contributed by atoms with Crippen LogP contribution in [0.4, 0.5) is 0 Å². The van der Waals surface area contributed by atoms with E-state index in [1.54, 1.807) is 0 Å². The van der Waals surface area contributed by atoms with Crippen molar-refractivity contribution in [2.75, 3.05) is 32.7 Å². The smallest absolute Gasteiger partial charge is 0.307 e. The number of carbonyl (C=O) groups is 2. The highest BCUT2D eigenvalue weighted by atomic mass is 16.4. The van der Waals surface area contributed by atoms with Gasteiger partial charge in [0.2, 0.25) is 5.91 Å². The van der Waals surface area contributed by atoms with Crippen molar-refractivity contribution in [3.8, 4) is 0 Å². The van der Waals surface area contributed by atoms with Gasteiger partial charge >= 0.3 is 5.97 Å². The van der Waals surface area contributed by atoms with Gasteiger partial charge in [0.05, 0.1) is 11.8 Å². The van der Waals surface area contributed by atoms with Gasteiger partial charge < -0.3 is 14.9 Å². The quantitative estimate of drug-likeness (QED) is 0.797. The van der Waals surface area contributed by atoms with Crippen molar-refractivity contribution >= 4 is 11.9 Å². The molecule has 2 aliphatic rings. The molecule has 0 bridgehead atoms. The number of nitrogens with zero attached hydrogens (tertiary/aromatic N) is 2. The van der Waals surface area contributed by atoms with Crippen LogP contribution < -0.4 is 0 Å². The summed E-state index contributed by atoms with van der Waals surface area (Å²) in [7, 11) is 0. The van der Waals surface area contributed by atoms with E-state index < -0.39 is 11.9 Å². The van der Waals surface area contributed by atoms with Crippen LogP contribution in [-0.2, 0) is 9.59 Å². The molecule has 1 aliphatic heterocycles. The van der Waals surface area contributed by atoms with Crippen molar-refractivity contribution in [3.05, 3.63) is 0 Å². The first-order chi connectivity index (χ1) is 8.39. The van der Waals surface area contributed by atoms with E-state index in [1.165, 1.54) is 0 Å². The van der Waals surface area contributed by atoms with Crippen LogP contribution in [0.1, 0.15) is 20.8 Å². The second kappa shape index (κ2) is 4.53. The first-order valence-corrected chi connectivity index (χ1v) is 6.63. The van der Waals surface area contributed by atoms with Crippen LogP contribution in [0.5, 0.6) is 0 Å². The maximum Gasteiger partial charge on any atom is 0.307 e. The lowest BCUT2D eigenvalue weighted by Crippen LogP contribution is -2.49. The summed E-state index contributed by atoms with van der Waals surface area (Å²) >= 11 is 0. The number of carboxylic acids is 1. The summed E-state index contributed by atoms with van der Waals surface area (Å²) in [5.74, 6) is -1.65. The van der Waals surface area contributed by atoms with Gasteiger partial charge in [0.1, 0.15) is 0 Å². The number of hydrogen-bond acceptors (Lipinski definition) is 3. The average molecular weight is 254 g/mol. The molecule has 1 N–H and O–H groups in total. The SMILES string of the molecule is CCN1CCN(C(=O)[C@H]2[C@@H](C(=O)O)C2(C)C)CC1. The molecular formula is C13H22N2O3. The van der Waals surface area contributed by atoms with Crippen LogP contribution in [0.25, 0.3) is 0 Å². The minimum atomic E-state index is -0.842. The normalized spacial score (nSPS) is 31.2. The Kier molecular flexibility index (Phi) is 3.36. The van der Waals surface area contributed by atoms with Crippen molar-refractivity contribution in [2.24, 2.45) is 17.3 Å². The number of aliphatic carboxylic acids is 1. The molecule has 0 aromatic carbocycles. The van der Waals surface area contributed by atoms with E-state index in [2.05, 4.69) is 11.8 Å². The molecule has 0 radical (unpaired) electrons. The van der Waals surface area contributed by atoms with Gasteiger partial charge in [-0.05, 0) is 12.0 Å². The molecule has 1 aliphatic carbocycles. The molecule has 5 heteroatoms. The largest absolute Gasteiger partial charge is 0.481 e. The molecule has 0 aromatic rings. The van der Waals surface area contributed by atoms with Gasteiger partial charge in [-0.1, -0.05) is 20.8 Å². The van der Waals surface area contributed by atoms with Crippen molar-refractivity contribution in [1.82, 2.24) is 9.80 Å². The fourth-order valence-corrected chi connectivity index (χ4v) is 3.04. The zero-order valence-corrected chi connectivity index (χ0v) is 11.3. The Morgan fingerprint density at radius 1 is 1.17 bits per heavy atom. The maximum atomic E-state index is 12.3. The molecule has 0 spiro atoms. The van der Waals surface area contributed by atoms with E-state index in [0.717, 1.165) is 32.7 Å². The summed E-state index contributed by atoms with van der Waals surface area (Å²) in [4.78, 5) is 27.6. The molecule has 0 aromatic heterocycles. The molecule has 1 amide bonds. The Bertz CT molecular complexity index is 359. The Morgan fingerprint density at radius 3 is 2.11 bits per heavy atom. The average Bonchev–Trinajstić information content (AvgIpc) is 2.92. The number of carboxylic acid groups (broad SMARTS) is 1. The zero-order valence-electron chi connectivity index (χ0n) is 11.3. The Balaban J connectivity index is 1.96. The predicted octanol–water partition coefficient (Wildman–Crippen LogP) is 0.507. The van der Waals surface area contributed by atoms with Crippen molar-refractivity contribution in [1.29, 1.82) is 0 Å². The van der Waals surface area contributed by atoms with Crippen LogP contribution >= 0.6 is 0 Å². The van der Waals surface area contributed by atoms with Gasteiger partial charge in [0.25, 0.3) is 0 Å². The minimum absolute atomic E-state index is 0.0307. The summed E-state index contributed by atoms with van der Waals surface area (Å²) in [5.41, 5.74) is -0.384.